The average Bonchev–Trinajstić information content (AvgIpc) is 3.39. The summed E-state index contributed by atoms with van der Waals surface area (Å²) < 4.78 is 16.7. The van der Waals surface area contributed by atoms with Crippen molar-refractivity contribution in [1.82, 2.24) is 0 Å². The molecule has 0 saturated carbocycles. The van der Waals surface area contributed by atoms with Gasteiger partial charge in [0.1, 0.15) is 13.2 Å². The molecule has 0 aliphatic heterocycles. The normalized spacial score (nSPS) is 13.3. The third kappa shape index (κ3) is 57.8. The topological polar surface area (TPSA) is 78.9 Å². The largest absolute Gasteiger partial charge is 0.462 e. The zero-order valence-electron chi connectivity index (χ0n) is 46.6. The highest BCUT2D eigenvalue weighted by atomic mass is 16.6. The third-order valence-corrected chi connectivity index (χ3v) is 11.5. The van der Waals surface area contributed by atoms with Gasteiger partial charge in [0.15, 0.2) is 6.10 Å². The summed E-state index contributed by atoms with van der Waals surface area (Å²) in [7, 11) is 0. The van der Waals surface area contributed by atoms with Crippen molar-refractivity contribution >= 4 is 17.9 Å². The van der Waals surface area contributed by atoms with Crippen LogP contribution in [0, 0.1) is 0 Å². The van der Waals surface area contributed by atoms with Gasteiger partial charge in [0, 0.05) is 19.3 Å². The van der Waals surface area contributed by atoms with E-state index in [9.17, 15) is 14.4 Å². The zero-order chi connectivity index (χ0) is 52.9. The van der Waals surface area contributed by atoms with Crippen LogP contribution >= 0.6 is 0 Å². The lowest BCUT2D eigenvalue weighted by molar-refractivity contribution is -0.167. The van der Waals surface area contributed by atoms with Crippen LogP contribution < -0.4 is 0 Å². The summed E-state index contributed by atoms with van der Waals surface area (Å²) in [5.41, 5.74) is 0. The monoisotopic (exact) mass is 1000 g/mol. The Bertz CT molecular complexity index is 1670. The first kappa shape index (κ1) is 68.0. The Morgan fingerprint density at radius 2 is 0.548 bits per heavy atom. The van der Waals surface area contributed by atoms with Gasteiger partial charge in [0.05, 0.1) is 0 Å². The minimum absolute atomic E-state index is 0.112. The molecular weight excluding hydrogens is 901 g/mol. The molecule has 73 heavy (non-hydrogen) atoms. The average molecular weight is 1010 g/mol. The number of hydrogen-bond acceptors (Lipinski definition) is 6. The lowest BCUT2D eigenvalue weighted by Gasteiger charge is -2.18. The molecule has 0 aliphatic rings. The number of esters is 3. The van der Waals surface area contributed by atoms with Gasteiger partial charge < -0.3 is 14.2 Å². The Balaban J connectivity index is 4.37. The minimum Gasteiger partial charge on any atom is -0.462 e. The lowest BCUT2D eigenvalue weighted by Crippen LogP contribution is -2.30. The van der Waals surface area contributed by atoms with Crippen LogP contribution in [0.2, 0.25) is 0 Å². The molecule has 6 nitrogen and oxygen atoms in total. The van der Waals surface area contributed by atoms with E-state index in [0.717, 1.165) is 141 Å². The van der Waals surface area contributed by atoms with Crippen molar-refractivity contribution in [1.29, 1.82) is 0 Å². The van der Waals surface area contributed by atoms with Crippen molar-refractivity contribution < 1.29 is 28.6 Å². The van der Waals surface area contributed by atoms with Gasteiger partial charge >= 0.3 is 17.9 Å². The zero-order valence-corrected chi connectivity index (χ0v) is 46.6. The third-order valence-electron chi connectivity index (χ3n) is 11.5. The van der Waals surface area contributed by atoms with Gasteiger partial charge in [-0.3, -0.25) is 14.4 Å². The summed E-state index contributed by atoms with van der Waals surface area (Å²) in [5.74, 6) is -1.00. The van der Waals surface area contributed by atoms with Crippen LogP contribution in [-0.2, 0) is 28.6 Å². The predicted octanol–water partition coefficient (Wildman–Crippen LogP) is 19.8. The fraction of sp³-hybridized carbons (Fsp3) is 0.567. The maximum atomic E-state index is 12.8. The molecule has 0 radical (unpaired) electrons. The summed E-state index contributed by atoms with van der Waals surface area (Å²) in [6.45, 7) is 6.29. The van der Waals surface area contributed by atoms with Crippen molar-refractivity contribution in [3.8, 4) is 0 Å². The van der Waals surface area contributed by atoms with E-state index in [4.69, 9.17) is 14.2 Å². The molecular formula is C67H104O6. The number of rotatable bonds is 50. The van der Waals surface area contributed by atoms with Crippen molar-refractivity contribution in [2.24, 2.45) is 0 Å². The Labute approximate surface area is 448 Å². The van der Waals surface area contributed by atoms with Crippen LogP contribution in [0.1, 0.15) is 226 Å². The van der Waals surface area contributed by atoms with E-state index in [1.165, 1.54) is 38.5 Å². The number of carbonyl (C=O) groups excluding carboxylic acids is 3. The molecule has 6 heteroatoms. The van der Waals surface area contributed by atoms with E-state index >= 15 is 0 Å². The molecule has 0 saturated heterocycles. The molecule has 0 amide bonds. The van der Waals surface area contributed by atoms with E-state index in [0.29, 0.717) is 19.3 Å². The van der Waals surface area contributed by atoms with Gasteiger partial charge in [-0.25, -0.2) is 0 Å². The molecule has 0 bridgehead atoms. The molecule has 0 spiro atoms. The second-order valence-electron chi connectivity index (χ2n) is 18.4. The van der Waals surface area contributed by atoms with E-state index in [2.05, 4.69) is 179 Å². The lowest BCUT2D eigenvalue weighted by atomic mass is 10.1. The fourth-order valence-corrected chi connectivity index (χ4v) is 7.26. The van der Waals surface area contributed by atoms with Gasteiger partial charge in [-0.05, 0) is 122 Å². The first-order valence-electron chi connectivity index (χ1n) is 29.0. The first-order valence-corrected chi connectivity index (χ1v) is 29.0. The summed E-state index contributed by atoms with van der Waals surface area (Å²) in [6.07, 6.45) is 86.9. The van der Waals surface area contributed by atoms with E-state index < -0.39 is 6.10 Å². The fourth-order valence-electron chi connectivity index (χ4n) is 7.26. The quantitative estimate of drug-likeness (QED) is 0.0261. The molecule has 0 aromatic rings. The van der Waals surface area contributed by atoms with Gasteiger partial charge in [-0.15, -0.1) is 0 Å². The number of ether oxygens (including phenoxy) is 3. The second kappa shape index (κ2) is 59.6. The molecule has 1 atom stereocenters. The highest BCUT2D eigenvalue weighted by Crippen LogP contribution is 2.13. The molecule has 0 aliphatic carbocycles. The number of allylic oxidation sites excluding steroid dienone is 26. The summed E-state index contributed by atoms with van der Waals surface area (Å²) in [4.78, 5) is 38.0. The smallest absolute Gasteiger partial charge is 0.306 e. The Morgan fingerprint density at radius 1 is 0.288 bits per heavy atom. The van der Waals surface area contributed by atoms with Crippen LogP contribution in [0.3, 0.4) is 0 Å². The standard InChI is InChI=1S/C67H104O6/c1-4-7-10-13-16-18-20-22-24-26-28-30-32-33-35-36-38-40-42-44-46-48-51-54-57-60-66(69)72-63-64(62-71-65(68)59-56-53-50-15-12-9-6-3)73-67(70)61-58-55-52-49-47-45-43-41-39-37-34-31-29-27-25-23-21-19-17-14-11-8-5-2/h7-8,10-11,16-19,22-25,28-31,33,35,37-40,43,45,49,52,64H,4-6,9,12-15,20-21,26-27,32,34,36,41-42,44,46-48,50-51,53-63H2,1-3H3/b10-7-,11-8-,18-16-,19-17-,24-22-,25-23-,30-28-,31-29-,35-33-,39-37-,40-38-,45-43-,52-49-. The summed E-state index contributed by atoms with van der Waals surface area (Å²) >= 11 is 0. The van der Waals surface area contributed by atoms with E-state index in [1.54, 1.807) is 0 Å². The molecule has 0 N–H and O–H groups in total. The second-order valence-corrected chi connectivity index (χ2v) is 18.4. The first-order chi connectivity index (χ1) is 36.0. The van der Waals surface area contributed by atoms with E-state index in [1.807, 2.05) is 0 Å². The van der Waals surface area contributed by atoms with Crippen LogP contribution in [0.4, 0.5) is 0 Å². The Kier molecular flexibility index (Phi) is 55.5. The molecule has 0 aromatic carbocycles. The maximum Gasteiger partial charge on any atom is 0.306 e. The minimum atomic E-state index is -0.820. The highest BCUT2D eigenvalue weighted by molar-refractivity contribution is 5.71. The number of carbonyl (C=O) groups is 3. The Morgan fingerprint density at radius 3 is 0.877 bits per heavy atom. The predicted molar refractivity (Wildman–Crippen MR) is 315 cm³/mol. The molecule has 0 rings (SSSR count). The number of unbranched alkanes of at least 4 members (excludes halogenated alkanes) is 13. The Hall–Kier alpha value is -4.97. The number of hydrogen-bond donors (Lipinski definition) is 0. The van der Waals surface area contributed by atoms with Gasteiger partial charge in [-0.1, -0.05) is 243 Å². The SMILES string of the molecule is CC/C=C\C/C=C\C/C=C\C/C=C\C/C=C\C/C=C\C/C=C\CCCC(=O)OC(COC(=O)CCCCCCCCC)COC(=O)CCCCCCCC/C=C\C/C=C\C/C=C\C/C=C\C/C=C\C/C=C\CC. The van der Waals surface area contributed by atoms with Crippen LogP contribution in [-0.4, -0.2) is 37.2 Å². The summed E-state index contributed by atoms with van der Waals surface area (Å²) in [6, 6.07) is 0. The van der Waals surface area contributed by atoms with Crippen LogP contribution in [0.25, 0.3) is 0 Å². The van der Waals surface area contributed by atoms with Crippen molar-refractivity contribution in [3.05, 3.63) is 158 Å². The van der Waals surface area contributed by atoms with Gasteiger partial charge in [0.2, 0.25) is 0 Å². The molecule has 0 aromatic heterocycles. The van der Waals surface area contributed by atoms with Crippen LogP contribution in [0.5, 0.6) is 0 Å². The van der Waals surface area contributed by atoms with Crippen molar-refractivity contribution in [2.45, 2.75) is 232 Å². The van der Waals surface area contributed by atoms with E-state index in [-0.39, 0.29) is 37.5 Å². The van der Waals surface area contributed by atoms with Gasteiger partial charge in [-0.2, -0.15) is 0 Å². The van der Waals surface area contributed by atoms with Crippen molar-refractivity contribution in [3.63, 3.8) is 0 Å². The molecule has 0 heterocycles. The molecule has 1 unspecified atom stereocenters. The van der Waals surface area contributed by atoms with Crippen molar-refractivity contribution in [2.75, 3.05) is 13.2 Å². The molecule has 408 valence electrons. The van der Waals surface area contributed by atoms with Gasteiger partial charge in [0.25, 0.3) is 0 Å². The van der Waals surface area contributed by atoms with Crippen LogP contribution in [0.15, 0.2) is 158 Å². The highest BCUT2D eigenvalue weighted by Gasteiger charge is 2.19. The maximum absolute atomic E-state index is 12.8. The molecule has 0 fully saturated rings. The summed E-state index contributed by atoms with van der Waals surface area (Å²) in [5, 5.41) is 0.